The molecule has 1 aliphatic rings. The first kappa shape index (κ1) is 15.4. The Morgan fingerprint density at radius 3 is 2.48 bits per heavy atom. The van der Waals surface area contributed by atoms with Crippen LogP contribution in [0.5, 0.6) is 0 Å². The molecular weight excluding hydrogens is 268 g/mol. The minimum absolute atomic E-state index is 0.0340. The van der Waals surface area contributed by atoms with E-state index in [0.717, 1.165) is 12.8 Å². The van der Waals surface area contributed by atoms with E-state index >= 15 is 0 Å². The summed E-state index contributed by atoms with van der Waals surface area (Å²) in [6.45, 7) is 0.826. The maximum Gasteiger partial charge on any atom is 0.317 e. The molecule has 114 valence electrons. The SMILES string of the molecule is CN(CCC(=O)O)C(=O)NCC1(c2ccccc2)CCC1. The summed E-state index contributed by atoms with van der Waals surface area (Å²) in [6.07, 6.45) is 3.31. The Balaban J connectivity index is 1.89. The van der Waals surface area contributed by atoms with Crippen LogP contribution in [0.3, 0.4) is 0 Å². The van der Waals surface area contributed by atoms with Gasteiger partial charge in [0.15, 0.2) is 0 Å². The van der Waals surface area contributed by atoms with Crippen molar-refractivity contribution in [2.75, 3.05) is 20.1 Å². The summed E-state index contributed by atoms with van der Waals surface area (Å²) in [5.41, 5.74) is 1.31. The largest absolute Gasteiger partial charge is 0.481 e. The van der Waals surface area contributed by atoms with Crippen LogP contribution in [0.2, 0.25) is 0 Å². The van der Waals surface area contributed by atoms with Crippen LogP contribution >= 0.6 is 0 Å². The first-order valence-corrected chi connectivity index (χ1v) is 7.30. The third-order valence-corrected chi connectivity index (χ3v) is 4.28. The van der Waals surface area contributed by atoms with Crippen LogP contribution in [-0.2, 0) is 10.2 Å². The summed E-state index contributed by atoms with van der Waals surface area (Å²) in [4.78, 5) is 23.9. The van der Waals surface area contributed by atoms with Crippen molar-refractivity contribution in [3.05, 3.63) is 35.9 Å². The van der Waals surface area contributed by atoms with Gasteiger partial charge in [-0.3, -0.25) is 4.79 Å². The van der Waals surface area contributed by atoms with Crippen LogP contribution in [0.1, 0.15) is 31.2 Å². The van der Waals surface area contributed by atoms with Crippen molar-refractivity contribution in [1.29, 1.82) is 0 Å². The number of carbonyl (C=O) groups excluding carboxylic acids is 1. The Morgan fingerprint density at radius 1 is 1.29 bits per heavy atom. The molecule has 0 radical (unpaired) electrons. The highest BCUT2D eigenvalue weighted by molar-refractivity contribution is 5.75. The fourth-order valence-electron chi connectivity index (χ4n) is 2.71. The summed E-state index contributed by atoms with van der Waals surface area (Å²) in [5, 5.41) is 11.6. The van der Waals surface area contributed by atoms with Gasteiger partial charge in [0.05, 0.1) is 6.42 Å². The standard InChI is InChI=1S/C16H22N2O3/c1-18(11-8-14(19)20)15(21)17-12-16(9-5-10-16)13-6-3-2-4-7-13/h2-4,6-7H,5,8-12H2,1H3,(H,17,21)(H,19,20). The van der Waals surface area contributed by atoms with Crippen molar-refractivity contribution in [3.63, 3.8) is 0 Å². The van der Waals surface area contributed by atoms with E-state index in [1.807, 2.05) is 18.2 Å². The van der Waals surface area contributed by atoms with Gasteiger partial charge in [0, 0.05) is 25.6 Å². The lowest BCUT2D eigenvalue weighted by molar-refractivity contribution is -0.137. The average Bonchev–Trinajstić information content (AvgIpc) is 2.44. The Morgan fingerprint density at radius 2 is 1.95 bits per heavy atom. The fraction of sp³-hybridized carbons (Fsp3) is 0.500. The van der Waals surface area contributed by atoms with Crippen LogP contribution < -0.4 is 5.32 Å². The van der Waals surface area contributed by atoms with E-state index in [0.29, 0.717) is 6.54 Å². The summed E-state index contributed by atoms with van der Waals surface area (Å²) >= 11 is 0. The van der Waals surface area contributed by atoms with Gasteiger partial charge in [-0.15, -0.1) is 0 Å². The highest BCUT2D eigenvalue weighted by Gasteiger charge is 2.38. The second-order valence-electron chi connectivity index (χ2n) is 5.72. The Labute approximate surface area is 125 Å². The van der Waals surface area contributed by atoms with Gasteiger partial charge in [-0.25, -0.2) is 4.79 Å². The lowest BCUT2D eigenvalue weighted by atomic mass is 9.64. The van der Waals surface area contributed by atoms with Gasteiger partial charge >= 0.3 is 12.0 Å². The molecule has 21 heavy (non-hydrogen) atoms. The van der Waals surface area contributed by atoms with Gasteiger partial charge in [-0.1, -0.05) is 36.8 Å². The molecule has 0 unspecified atom stereocenters. The van der Waals surface area contributed by atoms with Crippen molar-refractivity contribution in [2.45, 2.75) is 31.1 Å². The maximum absolute atomic E-state index is 12.0. The molecule has 5 nitrogen and oxygen atoms in total. The van der Waals surface area contributed by atoms with Crippen LogP contribution in [0.25, 0.3) is 0 Å². The third-order valence-electron chi connectivity index (χ3n) is 4.28. The second-order valence-corrected chi connectivity index (χ2v) is 5.72. The van der Waals surface area contributed by atoms with Crippen LogP contribution in [0, 0.1) is 0 Å². The molecule has 0 aliphatic heterocycles. The van der Waals surface area contributed by atoms with E-state index in [4.69, 9.17) is 5.11 Å². The molecule has 2 N–H and O–H groups in total. The first-order chi connectivity index (χ1) is 10.0. The van der Waals surface area contributed by atoms with Gasteiger partial charge in [-0.05, 0) is 18.4 Å². The first-order valence-electron chi connectivity index (χ1n) is 7.30. The van der Waals surface area contributed by atoms with Gasteiger partial charge in [0.2, 0.25) is 0 Å². The molecular formula is C16H22N2O3. The van der Waals surface area contributed by atoms with Crippen LogP contribution in [0.15, 0.2) is 30.3 Å². The summed E-state index contributed by atoms with van der Waals surface area (Å²) in [6, 6.07) is 10.1. The zero-order valence-electron chi connectivity index (χ0n) is 12.3. The number of benzene rings is 1. The molecule has 2 rings (SSSR count). The number of nitrogens with zero attached hydrogens (tertiary/aromatic N) is 1. The average molecular weight is 290 g/mol. The summed E-state index contributed by atoms with van der Waals surface area (Å²) < 4.78 is 0. The number of nitrogens with one attached hydrogen (secondary N) is 1. The van der Waals surface area contributed by atoms with Crippen molar-refractivity contribution in [2.24, 2.45) is 0 Å². The number of hydrogen-bond donors (Lipinski definition) is 2. The minimum Gasteiger partial charge on any atom is -0.481 e. The highest BCUT2D eigenvalue weighted by Crippen LogP contribution is 2.43. The quantitative estimate of drug-likeness (QED) is 0.844. The minimum atomic E-state index is -0.894. The predicted octanol–water partition coefficient (Wildman–Crippen LogP) is 2.22. The van der Waals surface area contributed by atoms with Gasteiger partial charge in [0.25, 0.3) is 0 Å². The summed E-state index contributed by atoms with van der Waals surface area (Å²) in [7, 11) is 1.62. The summed E-state index contributed by atoms with van der Waals surface area (Å²) in [5.74, 6) is -0.894. The van der Waals surface area contributed by atoms with Gasteiger partial charge in [-0.2, -0.15) is 0 Å². The zero-order chi connectivity index (χ0) is 15.3. The number of carboxylic acids is 1. The van der Waals surface area contributed by atoms with Crippen molar-refractivity contribution in [3.8, 4) is 0 Å². The number of carboxylic acid groups (broad SMARTS) is 1. The fourth-order valence-corrected chi connectivity index (χ4v) is 2.71. The number of aliphatic carboxylic acids is 1. The van der Waals surface area contributed by atoms with Crippen LogP contribution in [0.4, 0.5) is 4.79 Å². The van der Waals surface area contributed by atoms with E-state index in [1.54, 1.807) is 7.05 Å². The maximum atomic E-state index is 12.0. The number of carbonyl (C=O) groups is 2. The monoisotopic (exact) mass is 290 g/mol. The molecule has 0 bridgehead atoms. The van der Waals surface area contributed by atoms with Gasteiger partial charge < -0.3 is 15.3 Å². The molecule has 0 atom stereocenters. The smallest absolute Gasteiger partial charge is 0.317 e. The number of rotatable bonds is 6. The molecule has 5 heteroatoms. The number of urea groups is 1. The molecule has 0 heterocycles. The highest BCUT2D eigenvalue weighted by atomic mass is 16.4. The van der Waals surface area contributed by atoms with Crippen LogP contribution in [-0.4, -0.2) is 42.1 Å². The van der Waals surface area contributed by atoms with E-state index in [-0.39, 0.29) is 24.4 Å². The predicted molar refractivity (Wildman–Crippen MR) is 80.3 cm³/mol. The molecule has 1 aromatic rings. The third kappa shape index (κ3) is 3.74. The molecule has 0 spiro atoms. The number of amides is 2. The van der Waals surface area contributed by atoms with Crippen molar-refractivity contribution < 1.29 is 14.7 Å². The lowest BCUT2D eigenvalue weighted by Gasteiger charge is -2.42. The van der Waals surface area contributed by atoms with E-state index in [1.165, 1.54) is 16.9 Å². The molecule has 1 fully saturated rings. The number of hydrogen-bond acceptors (Lipinski definition) is 2. The van der Waals surface area contributed by atoms with E-state index in [9.17, 15) is 9.59 Å². The molecule has 1 saturated carbocycles. The van der Waals surface area contributed by atoms with E-state index < -0.39 is 5.97 Å². The molecule has 2 amide bonds. The Hall–Kier alpha value is -2.04. The lowest BCUT2D eigenvalue weighted by Crippen LogP contribution is -2.48. The van der Waals surface area contributed by atoms with Crippen molar-refractivity contribution in [1.82, 2.24) is 10.2 Å². The Bertz CT molecular complexity index is 498. The van der Waals surface area contributed by atoms with E-state index in [2.05, 4.69) is 17.4 Å². The normalized spacial score (nSPS) is 15.9. The Kier molecular flexibility index (Phi) is 4.83. The molecule has 1 aromatic carbocycles. The molecule has 0 aromatic heterocycles. The zero-order valence-corrected chi connectivity index (χ0v) is 12.3. The molecule has 0 saturated heterocycles. The topological polar surface area (TPSA) is 69.6 Å². The van der Waals surface area contributed by atoms with Crippen molar-refractivity contribution >= 4 is 12.0 Å². The second kappa shape index (κ2) is 6.61. The molecule has 1 aliphatic carbocycles. The van der Waals surface area contributed by atoms with Gasteiger partial charge in [0.1, 0.15) is 0 Å².